The molecule has 7 nitrogen and oxygen atoms in total. The van der Waals surface area contributed by atoms with Gasteiger partial charge in [-0.15, -0.1) is 0 Å². The van der Waals surface area contributed by atoms with Crippen LogP contribution in [0, 0.1) is 0 Å². The van der Waals surface area contributed by atoms with E-state index in [1.165, 1.54) is 18.2 Å². The minimum atomic E-state index is -5.14. The highest BCUT2D eigenvalue weighted by Crippen LogP contribution is 2.60. The lowest BCUT2D eigenvalue weighted by molar-refractivity contribution is 0.350. The maximum atomic E-state index is 11.2. The molecule has 0 spiro atoms. The second-order valence-electron chi connectivity index (χ2n) is 3.67. The number of anilines is 1. The third kappa shape index (κ3) is 4.77. The molecule has 0 aliphatic carbocycles. The van der Waals surface area contributed by atoms with Crippen LogP contribution in [0.2, 0.25) is 10.0 Å². The Balaban J connectivity index is 3.07. The van der Waals surface area contributed by atoms with Gasteiger partial charge in [-0.25, -0.2) is 0 Å². The van der Waals surface area contributed by atoms with Crippen molar-refractivity contribution in [1.82, 2.24) is 0 Å². The van der Waals surface area contributed by atoms with Gasteiger partial charge in [-0.2, -0.15) is 0 Å². The molecule has 0 atom stereocenters. The molecule has 112 valence electrons. The molecule has 5 N–H and O–H groups in total. The molecular formula is C8H9Cl2NO6P2S. The SMILES string of the molecule is O=P(O)(O)C(C(=S)Nc1ccc(Cl)c(Cl)c1)P(=O)(O)O. The fourth-order valence-corrected chi connectivity index (χ4v) is 4.83. The largest absolute Gasteiger partial charge is 0.349 e. The molecule has 0 bridgehead atoms. The van der Waals surface area contributed by atoms with Crippen LogP contribution < -0.4 is 5.32 Å². The quantitative estimate of drug-likeness (QED) is 0.398. The van der Waals surface area contributed by atoms with Gasteiger partial charge in [-0.1, -0.05) is 35.4 Å². The summed E-state index contributed by atoms with van der Waals surface area (Å²) in [6.45, 7) is 0. The van der Waals surface area contributed by atoms with Crippen LogP contribution in [0.25, 0.3) is 0 Å². The van der Waals surface area contributed by atoms with E-state index in [9.17, 15) is 9.13 Å². The number of halogens is 2. The fourth-order valence-electron chi connectivity index (χ4n) is 1.28. The van der Waals surface area contributed by atoms with Crippen molar-refractivity contribution >= 4 is 61.3 Å². The van der Waals surface area contributed by atoms with Crippen LogP contribution in [0.1, 0.15) is 0 Å². The van der Waals surface area contributed by atoms with E-state index in [4.69, 9.17) is 42.8 Å². The zero-order chi connectivity index (χ0) is 15.7. The van der Waals surface area contributed by atoms with Crippen LogP contribution in [0.4, 0.5) is 5.69 Å². The van der Waals surface area contributed by atoms with Gasteiger partial charge in [0, 0.05) is 5.69 Å². The van der Waals surface area contributed by atoms with Crippen LogP contribution in [-0.2, 0) is 9.13 Å². The van der Waals surface area contributed by atoms with Crippen molar-refractivity contribution in [1.29, 1.82) is 0 Å². The Morgan fingerprint density at radius 2 is 1.60 bits per heavy atom. The molecule has 1 aromatic rings. The predicted molar refractivity (Wildman–Crippen MR) is 80.6 cm³/mol. The monoisotopic (exact) mass is 379 g/mol. The van der Waals surface area contributed by atoms with Gasteiger partial charge in [0.05, 0.1) is 10.0 Å². The Labute approximate surface area is 129 Å². The number of nitrogens with one attached hydrogen (secondary N) is 1. The van der Waals surface area contributed by atoms with Gasteiger partial charge in [0.2, 0.25) is 5.40 Å². The Morgan fingerprint density at radius 3 is 2.00 bits per heavy atom. The van der Waals surface area contributed by atoms with Gasteiger partial charge >= 0.3 is 15.2 Å². The maximum absolute atomic E-state index is 11.2. The normalized spacial score (nSPS) is 12.6. The molecule has 0 saturated heterocycles. The molecule has 0 aromatic heterocycles. The smallest absolute Gasteiger partial charge is 0.347 e. The first-order valence-corrected chi connectivity index (χ1v) is 9.32. The van der Waals surface area contributed by atoms with Gasteiger partial charge in [0.25, 0.3) is 0 Å². The summed E-state index contributed by atoms with van der Waals surface area (Å²) in [7, 11) is -10.3. The molecule has 0 aliphatic heterocycles. The lowest BCUT2D eigenvalue weighted by atomic mass is 10.3. The minimum Gasteiger partial charge on any atom is -0.349 e. The van der Waals surface area contributed by atoms with Gasteiger partial charge in [0.1, 0.15) is 4.99 Å². The van der Waals surface area contributed by atoms with E-state index in [-0.39, 0.29) is 15.7 Å². The Bertz CT molecular complexity index is 607. The predicted octanol–water partition coefficient (Wildman–Crippen LogP) is 2.41. The summed E-state index contributed by atoms with van der Waals surface area (Å²) in [4.78, 5) is 35.3. The van der Waals surface area contributed by atoms with E-state index in [1.807, 2.05) is 0 Å². The van der Waals surface area contributed by atoms with Crippen LogP contribution in [0.3, 0.4) is 0 Å². The average Bonchev–Trinajstić information content (AvgIpc) is 2.18. The van der Waals surface area contributed by atoms with Crippen LogP contribution in [0.15, 0.2) is 18.2 Å². The van der Waals surface area contributed by atoms with E-state index in [1.54, 1.807) is 0 Å². The second-order valence-corrected chi connectivity index (χ2v) is 8.72. The van der Waals surface area contributed by atoms with E-state index >= 15 is 0 Å². The lowest BCUT2D eigenvalue weighted by Gasteiger charge is -2.21. The van der Waals surface area contributed by atoms with Gasteiger partial charge < -0.3 is 24.9 Å². The van der Waals surface area contributed by atoms with Crippen molar-refractivity contribution in [2.45, 2.75) is 5.40 Å². The van der Waals surface area contributed by atoms with E-state index in [2.05, 4.69) is 17.5 Å². The fraction of sp³-hybridized carbons (Fsp3) is 0.125. The molecule has 0 fully saturated rings. The van der Waals surface area contributed by atoms with Gasteiger partial charge in [0.15, 0.2) is 0 Å². The molecule has 0 unspecified atom stereocenters. The Kier molecular flexibility index (Phi) is 5.77. The Morgan fingerprint density at radius 1 is 1.10 bits per heavy atom. The van der Waals surface area contributed by atoms with E-state index in [0.29, 0.717) is 0 Å². The summed E-state index contributed by atoms with van der Waals surface area (Å²) < 4.78 is 22.3. The van der Waals surface area contributed by atoms with Crippen LogP contribution in [-0.4, -0.2) is 30.0 Å². The molecular weight excluding hydrogens is 371 g/mol. The van der Waals surface area contributed by atoms with E-state index < -0.39 is 25.6 Å². The van der Waals surface area contributed by atoms with Crippen molar-refractivity contribution in [3.05, 3.63) is 28.2 Å². The molecule has 0 saturated carbocycles. The molecule has 1 aromatic carbocycles. The molecule has 0 amide bonds. The summed E-state index contributed by atoms with van der Waals surface area (Å²) in [5, 5.41) is 0.292. The zero-order valence-electron chi connectivity index (χ0n) is 9.47. The first-order chi connectivity index (χ1) is 8.93. The number of thiocarbonyl (C=S) groups is 1. The molecule has 1 rings (SSSR count). The molecule has 0 radical (unpaired) electrons. The number of rotatable bonds is 4. The minimum absolute atomic E-state index is 0.142. The highest BCUT2D eigenvalue weighted by molar-refractivity contribution is 7.85. The summed E-state index contributed by atoms with van der Waals surface area (Å²) in [6, 6.07) is 4.07. The number of hydrogen-bond acceptors (Lipinski definition) is 3. The topological polar surface area (TPSA) is 127 Å². The molecule has 12 heteroatoms. The molecule has 0 heterocycles. The first-order valence-electron chi connectivity index (χ1n) is 4.79. The number of benzene rings is 1. The summed E-state index contributed by atoms with van der Waals surface area (Å²) in [5.41, 5.74) is 0.191. The average molecular weight is 380 g/mol. The molecule has 20 heavy (non-hydrogen) atoms. The highest BCUT2D eigenvalue weighted by Gasteiger charge is 2.46. The first kappa shape index (κ1) is 18.0. The summed E-state index contributed by atoms with van der Waals surface area (Å²) in [5.74, 6) is 0. The maximum Gasteiger partial charge on any atom is 0.347 e. The van der Waals surface area contributed by atoms with Crippen molar-refractivity contribution in [2.24, 2.45) is 0 Å². The van der Waals surface area contributed by atoms with Crippen molar-refractivity contribution in [2.75, 3.05) is 5.32 Å². The third-order valence-electron chi connectivity index (χ3n) is 2.06. The van der Waals surface area contributed by atoms with Crippen LogP contribution in [0.5, 0.6) is 0 Å². The third-order valence-corrected chi connectivity index (χ3v) is 7.08. The molecule has 0 aliphatic rings. The standard InChI is InChI=1S/C8H9Cl2NO6P2S/c9-5-2-1-4(3-6(5)10)11-7(20)8(18(12,13)14)19(15,16)17/h1-3,8H,(H,11,20)(H2,12,13,14)(H2,15,16,17). The van der Waals surface area contributed by atoms with Crippen molar-refractivity contribution in [3.8, 4) is 0 Å². The summed E-state index contributed by atoms with van der Waals surface area (Å²) in [6.07, 6.45) is 0. The van der Waals surface area contributed by atoms with Crippen LogP contribution >= 0.6 is 50.6 Å². The zero-order valence-corrected chi connectivity index (χ0v) is 13.6. The Hall–Kier alpha value is -0.0100. The lowest BCUT2D eigenvalue weighted by Crippen LogP contribution is -2.26. The van der Waals surface area contributed by atoms with Crippen molar-refractivity contribution < 1.29 is 28.7 Å². The van der Waals surface area contributed by atoms with Gasteiger partial charge in [-0.05, 0) is 18.2 Å². The number of hydrogen-bond donors (Lipinski definition) is 5. The van der Waals surface area contributed by atoms with E-state index in [0.717, 1.165) is 0 Å². The highest BCUT2D eigenvalue weighted by atomic mass is 35.5. The van der Waals surface area contributed by atoms with Crippen molar-refractivity contribution in [3.63, 3.8) is 0 Å². The second kappa shape index (κ2) is 6.40. The van der Waals surface area contributed by atoms with Gasteiger partial charge in [-0.3, -0.25) is 9.13 Å². The summed E-state index contributed by atoms with van der Waals surface area (Å²) >= 11 is 16.1.